The van der Waals surface area contributed by atoms with Gasteiger partial charge in [0.25, 0.3) is 0 Å². The highest BCUT2D eigenvalue weighted by Crippen LogP contribution is 2.63. The molecule has 3 aromatic rings. The van der Waals surface area contributed by atoms with E-state index in [1.165, 1.54) is 55.0 Å². The quantitative estimate of drug-likeness (QED) is 0.316. The third kappa shape index (κ3) is 2.62. The Bertz CT molecular complexity index is 1440. The molecule has 0 aromatic heterocycles. The maximum Gasteiger partial charge on any atom is 0.113 e. The van der Waals surface area contributed by atoms with Crippen LogP contribution in [0.5, 0.6) is 0 Å². The van der Waals surface area contributed by atoms with Gasteiger partial charge in [-0.3, -0.25) is 0 Å². The van der Waals surface area contributed by atoms with Crippen LogP contribution in [-0.2, 0) is 5.41 Å². The molecule has 3 heteroatoms. The van der Waals surface area contributed by atoms with Crippen LogP contribution < -0.4 is 10.4 Å². The highest BCUT2D eigenvalue weighted by molar-refractivity contribution is 9.11. The molecule has 2 radical (unpaired) electrons. The number of allylic oxidation sites excluding steroid dienone is 7. The minimum atomic E-state index is -0.387. The van der Waals surface area contributed by atoms with Crippen LogP contribution in [0.25, 0.3) is 5.57 Å². The monoisotopic (exact) mass is 499 g/mol. The van der Waals surface area contributed by atoms with E-state index in [4.69, 9.17) is 7.85 Å². The largest absolute Gasteiger partial charge is 0.310 e. The van der Waals surface area contributed by atoms with Crippen LogP contribution >= 0.6 is 15.9 Å². The van der Waals surface area contributed by atoms with Gasteiger partial charge >= 0.3 is 0 Å². The number of fused-ring (bicyclic) bond motifs is 8. The zero-order valence-electron chi connectivity index (χ0n) is 18.9. The second-order valence-corrected chi connectivity index (χ2v) is 10.5. The summed E-state index contributed by atoms with van der Waals surface area (Å²) in [6.07, 6.45) is 13.6. The maximum atomic E-state index is 6.45. The zero-order chi connectivity index (χ0) is 22.9. The minimum absolute atomic E-state index is 0.387. The van der Waals surface area contributed by atoms with E-state index in [0.29, 0.717) is 0 Å². The topological polar surface area (TPSA) is 3.24 Å². The lowest BCUT2D eigenvalue weighted by atomic mass is 9.63. The molecule has 0 saturated carbocycles. The first kappa shape index (κ1) is 20.3. The SMILES string of the molecule is [B]c1ccc2c(c1)C1(C3=C2CCC(Br)=C3)c2ccccc2N(C2=CCCC=C2)c2ccccc21. The van der Waals surface area contributed by atoms with E-state index in [2.05, 4.69) is 112 Å². The Balaban J connectivity index is 1.64. The normalized spacial score (nSPS) is 19.3. The fraction of sp³-hybridized carbons (Fsp3) is 0.161. The first-order valence-corrected chi connectivity index (χ1v) is 12.8. The highest BCUT2D eigenvalue weighted by Gasteiger charge is 2.52. The predicted octanol–water partition coefficient (Wildman–Crippen LogP) is 7.34. The van der Waals surface area contributed by atoms with Crippen molar-refractivity contribution in [2.45, 2.75) is 31.1 Å². The molecule has 1 heterocycles. The third-order valence-electron chi connectivity index (χ3n) is 7.75. The third-order valence-corrected chi connectivity index (χ3v) is 8.37. The molecule has 0 saturated heterocycles. The van der Waals surface area contributed by atoms with Gasteiger partial charge in [0, 0.05) is 5.70 Å². The van der Waals surface area contributed by atoms with Gasteiger partial charge in [-0.2, -0.15) is 0 Å². The van der Waals surface area contributed by atoms with E-state index in [-0.39, 0.29) is 5.41 Å². The Hall–Kier alpha value is -3.04. The first-order chi connectivity index (χ1) is 16.7. The predicted molar refractivity (Wildman–Crippen MR) is 146 cm³/mol. The van der Waals surface area contributed by atoms with Gasteiger partial charge in [0.15, 0.2) is 0 Å². The van der Waals surface area contributed by atoms with Crippen molar-refractivity contribution in [1.29, 1.82) is 0 Å². The highest BCUT2D eigenvalue weighted by atomic mass is 79.9. The van der Waals surface area contributed by atoms with Gasteiger partial charge in [0.05, 0.1) is 16.8 Å². The lowest BCUT2D eigenvalue weighted by Gasteiger charge is -2.46. The van der Waals surface area contributed by atoms with Crippen molar-refractivity contribution in [2.24, 2.45) is 0 Å². The Morgan fingerprint density at radius 1 is 0.824 bits per heavy atom. The van der Waals surface area contributed by atoms with Gasteiger partial charge in [-0.25, -0.2) is 0 Å². The van der Waals surface area contributed by atoms with Crippen molar-refractivity contribution in [3.63, 3.8) is 0 Å². The summed E-state index contributed by atoms with van der Waals surface area (Å²) in [5.41, 5.74) is 12.3. The van der Waals surface area contributed by atoms with E-state index in [9.17, 15) is 0 Å². The second kappa shape index (κ2) is 7.48. The molecule has 1 spiro atoms. The maximum absolute atomic E-state index is 6.45. The molecule has 34 heavy (non-hydrogen) atoms. The van der Waals surface area contributed by atoms with Crippen LogP contribution in [0.4, 0.5) is 11.4 Å². The van der Waals surface area contributed by atoms with Gasteiger partial charge in [0.1, 0.15) is 7.85 Å². The van der Waals surface area contributed by atoms with Crippen molar-refractivity contribution >= 4 is 46.2 Å². The number of rotatable bonds is 1. The average molecular weight is 500 g/mol. The average Bonchev–Trinajstić information content (AvgIpc) is 3.14. The molecule has 4 aliphatic rings. The van der Waals surface area contributed by atoms with Crippen LogP contribution in [0.3, 0.4) is 0 Å². The van der Waals surface area contributed by atoms with Gasteiger partial charge in [-0.15, -0.1) is 0 Å². The molecule has 0 unspecified atom stereocenters. The van der Waals surface area contributed by atoms with Crippen LogP contribution in [0.15, 0.2) is 107 Å². The number of halogens is 1. The van der Waals surface area contributed by atoms with Crippen molar-refractivity contribution in [3.8, 4) is 0 Å². The Kier molecular flexibility index (Phi) is 4.48. The second-order valence-electron chi connectivity index (χ2n) is 9.52. The Labute approximate surface area is 210 Å². The van der Waals surface area contributed by atoms with Crippen molar-refractivity contribution in [2.75, 3.05) is 4.90 Å². The molecule has 0 N–H and O–H groups in total. The van der Waals surface area contributed by atoms with Crippen LogP contribution in [-0.4, -0.2) is 7.85 Å². The molecular weight excluding hydrogens is 477 g/mol. The summed E-state index contributed by atoms with van der Waals surface area (Å²) in [7, 11) is 6.45. The summed E-state index contributed by atoms with van der Waals surface area (Å²) in [4.78, 5) is 2.46. The smallest absolute Gasteiger partial charge is 0.113 e. The molecule has 0 amide bonds. The lowest BCUT2D eigenvalue weighted by molar-refractivity contribution is 0.738. The van der Waals surface area contributed by atoms with Crippen molar-refractivity contribution < 1.29 is 0 Å². The minimum Gasteiger partial charge on any atom is -0.310 e. The van der Waals surface area contributed by atoms with Crippen LogP contribution in [0.1, 0.15) is 47.9 Å². The number of anilines is 2. The van der Waals surface area contributed by atoms with E-state index in [0.717, 1.165) is 31.1 Å². The fourth-order valence-corrected chi connectivity index (χ4v) is 6.89. The van der Waals surface area contributed by atoms with E-state index < -0.39 is 0 Å². The first-order valence-electron chi connectivity index (χ1n) is 12.1. The Morgan fingerprint density at radius 2 is 1.56 bits per heavy atom. The molecular formula is C31H23BBrN. The van der Waals surface area contributed by atoms with Crippen molar-refractivity contribution in [3.05, 3.63) is 129 Å². The molecule has 1 nitrogen and oxygen atoms in total. The number of benzene rings is 3. The standard InChI is InChI=1S/C31H23BBrN/c32-20-14-16-23-24-17-15-21(33)19-28(24)31(27(23)18-20)25-10-4-6-12-29(25)34(22-8-2-1-3-9-22)30-13-7-5-11-26(30)31/h2,4-14,16,18-19H,1,3,15,17H2. The summed E-state index contributed by atoms with van der Waals surface area (Å²) >= 11 is 3.86. The molecule has 0 fully saturated rings. The summed E-state index contributed by atoms with van der Waals surface area (Å²) < 4.78 is 1.27. The van der Waals surface area contributed by atoms with E-state index >= 15 is 0 Å². The summed E-state index contributed by atoms with van der Waals surface area (Å²) in [6.45, 7) is 0. The van der Waals surface area contributed by atoms with Gasteiger partial charge in [-0.1, -0.05) is 88.1 Å². The fourth-order valence-electron chi connectivity index (χ4n) is 6.46. The lowest BCUT2D eigenvalue weighted by Crippen LogP contribution is -2.38. The molecule has 1 aliphatic heterocycles. The van der Waals surface area contributed by atoms with Crippen LogP contribution in [0.2, 0.25) is 0 Å². The summed E-state index contributed by atoms with van der Waals surface area (Å²) in [5, 5.41) is 0. The van der Waals surface area contributed by atoms with Gasteiger partial charge in [0.2, 0.25) is 0 Å². The van der Waals surface area contributed by atoms with Gasteiger partial charge in [-0.05, 0) is 87.9 Å². The number of para-hydroxylation sites is 2. The molecule has 7 rings (SSSR count). The number of nitrogens with zero attached hydrogens (tertiary/aromatic N) is 1. The van der Waals surface area contributed by atoms with E-state index in [1.807, 2.05) is 0 Å². The van der Waals surface area contributed by atoms with Gasteiger partial charge < -0.3 is 4.90 Å². The molecule has 3 aromatic carbocycles. The van der Waals surface area contributed by atoms with Crippen LogP contribution in [0, 0.1) is 0 Å². The molecule has 3 aliphatic carbocycles. The molecule has 0 atom stereocenters. The molecule has 0 bridgehead atoms. The van der Waals surface area contributed by atoms with E-state index in [1.54, 1.807) is 0 Å². The summed E-state index contributed by atoms with van der Waals surface area (Å²) in [5.74, 6) is 0. The Morgan fingerprint density at radius 3 is 2.26 bits per heavy atom. The summed E-state index contributed by atoms with van der Waals surface area (Å²) in [6, 6.07) is 24.4. The molecule has 162 valence electrons. The number of hydrogen-bond acceptors (Lipinski definition) is 1. The van der Waals surface area contributed by atoms with Crippen molar-refractivity contribution in [1.82, 2.24) is 0 Å². The number of hydrogen-bond donors (Lipinski definition) is 0. The zero-order valence-corrected chi connectivity index (χ0v) is 20.5.